The van der Waals surface area contributed by atoms with Crippen LogP contribution in [0.1, 0.15) is 24.2 Å². The van der Waals surface area contributed by atoms with E-state index in [0.717, 1.165) is 5.75 Å². The summed E-state index contributed by atoms with van der Waals surface area (Å²) in [4.78, 5) is 12.3. The summed E-state index contributed by atoms with van der Waals surface area (Å²) < 4.78 is 16.0. The maximum atomic E-state index is 12.3. The Morgan fingerprint density at radius 3 is 1.93 bits per heavy atom. The van der Waals surface area contributed by atoms with E-state index >= 15 is 0 Å². The van der Waals surface area contributed by atoms with Crippen molar-refractivity contribution in [3.63, 3.8) is 0 Å². The number of rotatable bonds is 8. The van der Waals surface area contributed by atoms with Crippen molar-refractivity contribution >= 4 is 17.3 Å². The molecule has 0 atom stereocenters. The molecule has 0 aliphatic heterocycles. The Bertz CT molecular complexity index is 1010. The van der Waals surface area contributed by atoms with Crippen LogP contribution in [0.25, 0.3) is 0 Å². The van der Waals surface area contributed by atoms with Gasteiger partial charge in [-0.1, -0.05) is 0 Å². The molecule has 7 heteroatoms. The number of aromatic hydroxyl groups is 1. The van der Waals surface area contributed by atoms with Crippen LogP contribution in [0, 0.1) is 0 Å². The van der Waals surface area contributed by atoms with Crippen LogP contribution in [0.15, 0.2) is 77.0 Å². The van der Waals surface area contributed by atoms with Crippen LogP contribution in [0.2, 0.25) is 0 Å². The zero-order valence-corrected chi connectivity index (χ0v) is 16.7. The molecule has 7 nitrogen and oxygen atoms in total. The van der Waals surface area contributed by atoms with E-state index in [0.29, 0.717) is 30.2 Å². The van der Waals surface area contributed by atoms with Crippen LogP contribution >= 0.6 is 0 Å². The maximum absolute atomic E-state index is 12.3. The van der Waals surface area contributed by atoms with E-state index in [2.05, 4.69) is 10.2 Å². The number of phenols is 1. The SMILES string of the molecule is CCOc1ccc(N=Nc2ccc(OC(=O)c3ccc(OCC)cc3)cc2O)cc1. The topological polar surface area (TPSA) is 89.7 Å². The molecule has 0 saturated heterocycles. The summed E-state index contributed by atoms with van der Waals surface area (Å²) in [5.74, 6) is 0.932. The number of benzene rings is 3. The minimum Gasteiger partial charge on any atom is -0.505 e. The number of esters is 1. The van der Waals surface area contributed by atoms with Gasteiger partial charge >= 0.3 is 5.97 Å². The molecule has 3 aromatic carbocycles. The van der Waals surface area contributed by atoms with Gasteiger partial charge < -0.3 is 19.3 Å². The molecule has 154 valence electrons. The average Bonchev–Trinajstić information content (AvgIpc) is 2.75. The first kappa shape index (κ1) is 20.9. The van der Waals surface area contributed by atoms with Gasteiger partial charge in [0, 0.05) is 6.07 Å². The summed E-state index contributed by atoms with van der Waals surface area (Å²) in [6.45, 7) is 4.93. The Labute approximate surface area is 174 Å². The van der Waals surface area contributed by atoms with Crippen molar-refractivity contribution in [2.24, 2.45) is 10.2 Å². The van der Waals surface area contributed by atoms with Crippen molar-refractivity contribution < 1.29 is 24.1 Å². The van der Waals surface area contributed by atoms with E-state index < -0.39 is 5.97 Å². The van der Waals surface area contributed by atoms with Crippen molar-refractivity contribution in [3.8, 4) is 23.0 Å². The third-order valence-electron chi connectivity index (χ3n) is 3.98. The highest BCUT2D eigenvalue weighted by Gasteiger charge is 2.11. The van der Waals surface area contributed by atoms with Gasteiger partial charge in [-0.25, -0.2) is 4.79 Å². The molecule has 0 amide bonds. The number of ether oxygens (including phenoxy) is 3. The largest absolute Gasteiger partial charge is 0.505 e. The van der Waals surface area contributed by atoms with E-state index in [1.54, 1.807) is 54.6 Å². The lowest BCUT2D eigenvalue weighted by atomic mass is 10.2. The van der Waals surface area contributed by atoms with Gasteiger partial charge in [0.25, 0.3) is 0 Å². The molecular formula is C23H22N2O5. The summed E-state index contributed by atoms with van der Waals surface area (Å²) >= 11 is 0. The smallest absolute Gasteiger partial charge is 0.343 e. The minimum absolute atomic E-state index is 0.151. The van der Waals surface area contributed by atoms with Crippen LogP contribution in [0.3, 0.4) is 0 Å². The lowest BCUT2D eigenvalue weighted by Gasteiger charge is -2.07. The van der Waals surface area contributed by atoms with E-state index in [1.165, 1.54) is 12.1 Å². The van der Waals surface area contributed by atoms with E-state index in [1.807, 2.05) is 13.8 Å². The van der Waals surface area contributed by atoms with E-state index in [9.17, 15) is 9.90 Å². The van der Waals surface area contributed by atoms with E-state index in [-0.39, 0.29) is 17.2 Å². The molecule has 0 unspecified atom stereocenters. The Morgan fingerprint density at radius 1 is 0.800 bits per heavy atom. The highest BCUT2D eigenvalue weighted by atomic mass is 16.5. The van der Waals surface area contributed by atoms with Gasteiger partial charge in [0.1, 0.15) is 28.7 Å². The average molecular weight is 406 g/mol. The molecule has 0 saturated carbocycles. The predicted molar refractivity (Wildman–Crippen MR) is 112 cm³/mol. The molecule has 3 rings (SSSR count). The first-order valence-electron chi connectivity index (χ1n) is 9.51. The molecule has 0 radical (unpaired) electrons. The Hall–Kier alpha value is -3.87. The highest BCUT2D eigenvalue weighted by Crippen LogP contribution is 2.32. The van der Waals surface area contributed by atoms with Crippen LogP contribution in [-0.2, 0) is 0 Å². The molecule has 3 aromatic rings. The molecule has 0 aromatic heterocycles. The van der Waals surface area contributed by atoms with Crippen LogP contribution in [0.5, 0.6) is 23.0 Å². The Kier molecular flexibility index (Phi) is 7.00. The van der Waals surface area contributed by atoms with Gasteiger partial charge in [-0.3, -0.25) is 0 Å². The van der Waals surface area contributed by atoms with Crippen molar-refractivity contribution in [3.05, 3.63) is 72.3 Å². The van der Waals surface area contributed by atoms with E-state index in [4.69, 9.17) is 14.2 Å². The standard InChI is InChI=1S/C23H22N2O5/c1-3-28-18-9-5-16(6-10-18)23(27)30-20-13-14-21(22(26)15-20)25-24-17-7-11-19(12-8-17)29-4-2/h5-15,26H,3-4H2,1-2H3. The number of carbonyl (C=O) groups is 1. The summed E-state index contributed by atoms with van der Waals surface area (Å²) in [5, 5.41) is 18.3. The fourth-order valence-corrected chi connectivity index (χ4v) is 2.56. The molecule has 0 bridgehead atoms. The fraction of sp³-hybridized carbons (Fsp3) is 0.174. The summed E-state index contributed by atoms with van der Waals surface area (Å²) in [7, 11) is 0. The van der Waals surface area contributed by atoms with Gasteiger partial charge in [0.05, 0.1) is 24.5 Å². The summed E-state index contributed by atoms with van der Waals surface area (Å²) in [6.07, 6.45) is 0. The molecule has 0 fully saturated rings. The monoisotopic (exact) mass is 406 g/mol. The third-order valence-corrected chi connectivity index (χ3v) is 3.98. The second kappa shape index (κ2) is 10.1. The van der Waals surface area contributed by atoms with Crippen molar-refractivity contribution in [1.82, 2.24) is 0 Å². The number of nitrogens with zero attached hydrogens (tertiary/aromatic N) is 2. The number of phenolic OH excluding ortho intramolecular Hbond substituents is 1. The van der Waals surface area contributed by atoms with Gasteiger partial charge in [0.2, 0.25) is 0 Å². The quantitative estimate of drug-likeness (QED) is 0.289. The number of hydrogen-bond acceptors (Lipinski definition) is 7. The first-order chi connectivity index (χ1) is 14.6. The number of hydrogen-bond donors (Lipinski definition) is 1. The normalized spacial score (nSPS) is 10.7. The molecule has 0 heterocycles. The second-order valence-electron chi connectivity index (χ2n) is 6.12. The predicted octanol–water partition coefficient (Wildman–Crippen LogP) is 5.82. The zero-order chi connectivity index (χ0) is 21.3. The van der Waals surface area contributed by atoms with Gasteiger partial charge in [-0.15, -0.1) is 5.11 Å². The molecule has 0 aliphatic carbocycles. The van der Waals surface area contributed by atoms with Crippen molar-refractivity contribution in [2.45, 2.75) is 13.8 Å². The lowest BCUT2D eigenvalue weighted by molar-refractivity contribution is 0.0734. The molecule has 1 N–H and O–H groups in total. The van der Waals surface area contributed by atoms with Gasteiger partial charge in [0.15, 0.2) is 0 Å². The molecule has 0 aliphatic rings. The second-order valence-corrected chi connectivity index (χ2v) is 6.12. The minimum atomic E-state index is -0.541. The maximum Gasteiger partial charge on any atom is 0.343 e. The lowest BCUT2D eigenvalue weighted by Crippen LogP contribution is -2.08. The zero-order valence-electron chi connectivity index (χ0n) is 16.7. The third kappa shape index (κ3) is 5.57. The Balaban J connectivity index is 1.64. The summed E-state index contributed by atoms with van der Waals surface area (Å²) in [5.41, 5.74) is 1.24. The van der Waals surface area contributed by atoms with Crippen LogP contribution < -0.4 is 14.2 Å². The number of carbonyl (C=O) groups excluding carboxylic acids is 1. The van der Waals surface area contributed by atoms with Crippen LogP contribution in [0.4, 0.5) is 11.4 Å². The number of azo groups is 1. The van der Waals surface area contributed by atoms with Crippen LogP contribution in [-0.4, -0.2) is 24.3 Å². The van der Waals surface area contributed by atoms with Crippen molar-refractivity contribution in [2.75, 3.05) is 13.2 Å². The molecule has 0 spiro atoms. The molecular weight excluding hydrogens is 384 g/mol. The molecule has 30 heavy (non-hydrogen) atoms. The van der Waals surface area contributed by atoms with Crippen molar-refractivity contribution in [1.29, 1.82) is 0 Å². The Morgan fingerprint density at radius 2 is 1.37 bits per heavy atom. The highest BCUT2D eigenvalue weighted by molar-refractivity contribution is 5.91. The fourth-order valence-electron chi connectivity index (χ4n) is 2.56. The van der Waals surface area contributed by atoms with Gasteiger partial charge in [-0.05, 0) is 74.5 Å². The van der Waals surface area contributed by atoms with Gasteiger partial charge in [-0.2, -0.15) is 5.11 Å². The first-order valence-corrected chi connectivity index (χ1v) is 9.51. The summed E-state index contributed by atoms with van der Waals surface area (Å²) in [6, 6.07) is 18.1.